The number of hydrogen-bond donors (Lipinski definition) is 0. The van der Waals surface area contributed by atoms with Gasteiger partial charge in [0.05, 0.1) is 0 Å². The second kappa shape index (κ2) is 4.38. The van der Waals surface area contributed by atoms with Crippen LogP contribution in [0.1, 0.15) is 0 Å². The average molecular weight is 263 g/mol. The van der Waals surface area contributed by atoms with Gasteiger partial charge in [0.25, 0.3) is 6.10 Å². The standard InChI is InChI=1S/C8H4F7NO/c9-4-2-1-3-5(16-4)17-6(7(10,11)12)8(13,14)15/h1-3,6H. The zero-order valence-corrected chi connectivity index (χ0v) is 7.81. The summed E-state index contributed by atoms with van der Waals surface area (Å²) in [7, 11) is 0. The molecule has 1 heterocycles. The molecule has 17 heavy (non-hydrogen) atoms. The SMILES string of the molecule is Fc1cccc(OC(C(F)(F)F)C(F)(F)F)n1. The number of alkyl halides is 6. The Morgan fingerprint density at radius 2 is 1.53 bits per heavy atom. The molecular weight excluding hydrogens is 259 g/mol. The Morgan fingerprint density at radius 3 is 1.94 bits per heavy atom. The number of hydrogen-bond acceptors (Lipinski definition) is 2. The van der Waals surface area contributed by atoms with E-state index < -0.39 is 30.3 Å². The van der Waals surface area contributed by atoms with Crippen molar-refractivity contribution in [3.8, 4) is 5.88 Å². The second-order valence-corrected chi connectivity index (χ2v) is 2.88. The molecule has 0 aliphatic heterocycles. The number of ether oxygens (including phenoxy) is 1. The van der Waals surface area contributed by atoms with Gasteiger partial charge in [-0.25, -0.2) is 0 Å². The van der Waals surface area contributed by atoms with Gasteiger partial charge >= 0.3 is 12.4 Å². The largest absolute Gasteiger partial charge is 0.455 e. The van der Waals surface area contributed by atoms with Crippen LogP contribution in [0.5, 0.6) is 5.88 Å². The van der Waals surface area contributed by atoms with Crippen molar-refractivity contribution in [2.45, 2.75) is 18.5 Å². The Bertz CT molecular complexity index is 372. The third-order valence-electron chi connectivity index (χ3n) is 1.52. The molecule has 0 spiro atoms. The van der Waals surface area contributed by atoms with E-state index in [1.807, 2.05) is 0 Å². The zero-order valence-electron chi connectivity index (χ0n) is 7.81. The van der Waals surface area contributed by atoms with Crippen LogP contribution in [0.15, 0.2) is 18.2 Å². The lowest BCUT2D eigenvalue weighted by atomic mass is 10.3. The molecule has 0 N–H and O–H groups in total. The van der Waals surface area contributed by atoms with Gasteiger partial charge in [-0.05, 0) is 6.07 Å². The van der Waals surface area contributed by atoms with Crippen LogP contribution in [-0.2, 0) is 0 Å². The van der Waals surface area contributed by atoms with E-state index in [9.17, 15) is 30.7 Å². The molecule has 0 fully saturated rings. The number of aromatic nitrogens is 1. The Morgan fingerprint density at radius 1 is 1.00 bits per heavy atom. The maximum Gasteiger partial charge on any atom is 0.434 e. The molecule has 0 saturated heterocycles. The van der Waals surface area contributed by atoms with Gasteiger partial charge in [-0.1, -0.05) is 6.07 Å². The molecule has 0 aliphatic rings. The first-order valence-corrected chi connectivity index (χ1v) is 4.03. The molecule has 0 aliphatic carbocycles. The molecule has 0 amide bonds. The fourth-order valence-electron chi connectivity index (χ4n) is 0.895. The molecule has 0 radical (unpaired) electrons. The van der Waals surface area contributed by atoms with E-state index in [-0.39, 0.29) is 0 Å². The quantitative estimate of drug-likeness (QED) is 0.604. The van der Waals surface area contributed by atoms with Crippen LogP contribution in [0, 0.1) is 5.95 Å². The zero-order chi connectivity index (χ0) is 13.3. The summed E-state index contributed by atoms with van der Waals surface area (Å²) >= 11 is 0. The molecule has 2 nitrogen and oxygen atoms in total. The first-order valence-electron chi connectivity index (χ1n) is 4.03. The van der Waals surface area contributed by atoms with Crippen molar-refractivity contribution < 1.29 is 35.5 Å². The lowest BCUT2D eigenvalue weighted by Gasteiger charge is -2.23. The van der Waals surface area contributed by atoms with Gasteiger partial charge in [-0.15, -0.1) is 0 Å². The van der Waals surface area contributed by atoms with E-state index in [0.717, 1.165) is 12.1 Å². The summed E-state index contributed by atoms with van der Waals surface area (Å²) < 4.78 is 88.3. The van der Waals surface area contributed by atoms with E-state index in [0.29, 0.717) is 6.07 Å². The summed E-state index contributed by atoms with van der Waals surface area (Å²) in [6, 6.07) is 2.32. The summed E-state index contributed by atoms with van der Waals surface area (Å²) in [5.74, 6) is -2.34. The normalized spacial score (nSPS) is 12.9. The summed E-state index contributed by atoms with van der Waals surface area (Å²) in [5, 5.41) is 0. The molecular formula is C8H4F7NO. The van der Waals surface area contributed by atoms with Gasteiger partial charge in [-0.3, -0.25) is 0 Å². The van der Waals surface area contributed by atoms with Gasteiger partial charge in [0.2, 0.25) is 11.8 Å². The molecule has 0 aromatic carbocycles. The van der Waals surface area contributed by atoms with E-state index in [1.165, 1.54) is 0 Å². The molecule has 0 atom stereocenters. The van der Waals surface area contributed by atoms with Crippen LogP contribution in [0.4, 0.5) is 30.7 Å². The summed E-state index contributed by atoms with van der Waals surface area (Å²) in [5.41, 5.74) is 0. The van der Waals surface area contributed by atoms with Crippen LogP contribution in [-0.4, -0.2) is 23.4 Å². The van der Waals surface area contributed by atoms with Crippen molar-refractivity contribution in [2.24, 2.45) is 0 Å². The highest BCUT2D eigenvalue weighted by Crippen LogP contribution is 2.35. The van der Waals surface area contributed by atoms with Gasteiger partial charge < -0.3 is 4.74 Å². The highest BCUT2D eigenvalue weighted by atomic mass is 19.4. The smallest absolute Gasteiger partial charge is 0.434 e. The summed E-state index contributed by atoms with van der Waals surface area (Å²) in [6.07, 6.45) is -15.4. The van der Waals surface area contributed by atoms with Crippen molar-refractivity contribution in [2.75, 3.05) is 0 Å². The van der Waals surface area contributed by atoms with Gasteiger partial charge in [0.15, 0.2) is 0 Å². The molecule has 0 saturated carbocycles. The Hall–Kier alpha value is -1.54. The minimum Gasteiger partial charge on any atom is -0.455 e. The maximum atomic E-state index is 12.5. The summed E-state index contributed by atoms with van der Waals surface area (Å²) in [6.45, 7) is 0. The highest BCUT2D eigenvalue weighted by Gasteiger charge is 2.59. The topological polar surface area (TPSA) is 22.1 Å². The monoisotopic (exact) mass is 263 g/mol. The Balaban J connectivity index is 2.96. The lowest BCUT2D eigenvalue weighted by molar-refractivity contribution is -0.300. The third-order valence-corrected chi connectivity index (χ3v) is 1.52. The molecule has 1 aromatic rings. The Labute approximate surface area is 90.0 Å². The number of pyridine rings is 1. The first kappa shape index (κ1) is 13.5. The molecule has 0 unspecified atom stereocenters. The fourth-order valence-corrected chi connectivity index (χ4v) is 0.895. The van der Waals surface area contributed by atoms with Crippen molar-refractivity contribution >= 4 is 0 Å². The van der Waals surface area contributed by atoms with Crippen LogP contribution in [0.25, 0.3) is 0 Å². The predicted octanol–water partition coefficient (Wildman–Crippen LogP) is 3.09. The van der Waals surface area contributed by atoms with E-state index in [1.54, 1.807) is 0 Å². The van der Waals surface area contributed by atoms with Crippen LogP contribution in [0.3, 0.4) is 0 Å². The number of rotatable bonds is 2. The maximum absolute atomic E-state index is 12.5. The number of halogens is 7. The number of nitrogens with zero attached hydrogens (tertiary/aromatic N) is 1. The van der Waals surface area contributed by atoms with Crippen molar-refractivity contribution in [3.05, 3.63) is 24.1 Å². The minimum atomic E-state index is -5.66. The van der Waals surface area contributed by atoms with E-state index in [4.69, 9.17) is 0 Å². The summed E-state index contributed by atoms with van der Waals surface area (Å²) in [4.78, 5) is 2.75. The van der Waals surface area contributed by atoms with Crippen molar-refractivity contribution in [3.63, 3.8) is 0 Å². The molecule has 1 aromatic heterocycles. The molecule has 1 rings (SSSR count). The highest BCUT2D eigenvalue weighted by molar-refractivity contribution is 5.11. The average Bonchev–Trinajstić information content (AvgIpc) is 2.10. The first-order chi connectivity index (χ1) is 7.60. The van der Waals surface area contributed by atoms with Gasteiger partial charge in [0, 0.05) is 6.07 Å². The van der Waals surface area contributed by atoms with Crippen LogP contribution in [0.2, 0.25) is 0 Å². The van der Waals surface area contributed by atoms with Gasteiger partial charge in [0.1, 0.15) is 0 Å². The van der Waals surface area contributed by atoms with Crippen LogP contribution < -0.4 is 4.74 Å². The third kappa shape index (κ3) is 3.75. The fraction of sp³-hybridized carbons (Fsp3) is 0.375. The molecule has 0 bridgehead atoms. The Kier molecular flexibility index (Phi) is 3.48. The van der Waals surface area contributed by atoms with E-state index in [2.05, 4.69) is 9.72 Å². The van der Waals surface area contributed by atoms with E-state index >= 15 is 0 Å². The predicted molar refractivity (Wildman–Crippen MR) is 40.7 cm³/mol. The molecule has 9 heteroatoms. The second-order valence-electron chi connectivity index (χ2n) is 2.88. The minimum absolute atomic E-state index is 0.688. The molecule has 96 valence electrons. The van der Waals surface area contributed by atoms with Gasteiger partial charge in [-0.2, -0.15) is 35.7 Å². The van der Waals surface area contributed by atoms with Crippen LogP contribution >= 0.6 is 0 Å². The lowest BCUT2D eigenvalue weighted by Crippen LogP contribution is -2.46. The van der Waals surface area contributed by atoms with Crippen molar-refractivity contribution in [1.29, 1.82) is 0 Å². The van der Waals surface area contributed by atoms with Crippen molar-refractivity contribution in [1.82, 2.24) is 4.98 Å².